The van der Waals surface area contributed by atoms with Crippen molar-refractivity contribution >= 4 is 11.8 Å². The lowest BCUT2D eigenvalue weighted by molar-refractivity contribution is 0.159. The Morgan fingerprint density at radius 3 is 2.60 bits per heavy atom. The normalized spacial score (nSPS) is 18.0. The van der Waals surface area contributed by atoms with Gasteiger partial charge in [-0.3, -0.25) is 0 Å². The molecule has 0 radical (unpaired) electrons. The maximum atomic E-state index is 9.91. The lowest BCUT2D eigenvalue weighted by atomic mass is 9.96. The first kappa shape index (κ1) is 15.9. The highest BCUT2D eigenvalue weighted by Gasteiger charge is 2.44. The van der Waals surface area contributed by atoms with Crippen molar-refractivity contribution in [2.24, 2.45) is 5.92 Å². The van der Waals surface area contributed by atoms with Crippen LogP contribution in [0.4, 0.5) is 0 Å². The van der Waals surface area contributed by atoms with E-state index in [-0.39, 0.29) is 12.1 Å². The second kappa shape index (κ2) is 6.97. The van der Waals surface area contributed by atoms with Gasteiger partial charge < -0.3 is 10.4 Å². The van der Waals surface area contributed by atoms with E-state index in [9.17, 15) is 5.11 Å². The Hall–Kier alpha value is -0.510. The van der Waals surface area contributed by atoms with Gasteiger partial charge in [-0.15, -0.1) is 11.8 Å². The second-order valence-electron chi connectivity index (χ2n) is 6.05. The van der Waals surface area contributed by atoms with Crippen LogP contribution >= 0.6 is 11.8 Å². The van der Waals surface area contributed by atoms with E-state index >= 15 is 0 Å². The lowest BCUT2D eigenvalue weighted by Gasteiger charge is -2.33. The van der Waals surface area contributed by atoms with Crippen LogP contribution in [-0.4, -0.2) is 29.5 Å². The van der Waals surface area contributed by atoms with Crippen LogP contribution in [-0.2, 0) is 0 Å². The van der Waals surface area contributed by atoms with Gasteiger partial charge in [-0.05, 0) is 68.8 Å². The van der Waals surface area contributed by atoms with Gasteiger partial charge in [-0.1, -0.05) is 13.0 Å². The van der Waals surface area contributed by atoms with Crippen LogP contribution in [0.25, 0.3) is 0 Å². The molecule has 112 valence electrons. The predicted octanol–water partition coefficient (Wildman–Crippen LogP) is 3.54. The molecule has 1 unspecified atom stereocenters. The zero-order valence-corrected chi connectivity index (χ0v) is 13.7. The zero-order chi connectivity index (χ0) is 14.6. The van der Waals surface area contributed by atoms with Gasteiger partial charge in [0.1, 0.15) is 0 Å². The molecule has 0 spiro atoms. The Morgan fingerprint density at radius 2 is 2.05 bits per heavy atom. The first-order chi connectivity index (χ1) is 9.61. The molecule has 1 saturated carbocycles. The number of benzene rings is 1. The van der Waals surface area contributed by atoms with Crippen LogP contribution in [0, 0.1) is 19.8 Å². The molecule has 2 rings (SSSR count). The van der Waals surface area contributed by atoms with E-state index in [0.29, 0.717) is 5.92 Å². The standard InChI is InChI=1S/C17H27NOS/c1-4-9-18-17(11-19,15-6-7-15)12-20-16-8-5-13(2)14(3)10-16/h5,8,10,15,18-19H,4,6-7,9,11-12H2,1-3H3. The molecule has 1 aliphatic rings. The number of aliphatic hydroxyl groups is 1. The van der Waals surface area contributed by atoms with Crippen molar-refractivity contribution in [2.75, 3.05) is 18.9 Å². The molecule has 0 aromatic heterocycles. The molecule has 3 heteroatoms. The minimum absolute atomic E-state index is 0.0839. The summed E-state index contributed by atoms with van der Waals surface area (Å²) < 4.78 is 0. The third-order valence-electron chi connectivity index (χ3n) is 4.34. The van der Waals surface area contributed by atoms with E-state index in [4.69, 9.17) is 0 Å². The fourth-order valence-corrected chi connectivity index (χ4v) is 3.85. The van der Waals surface area contributed by atoms with Gasteiger partial charge in [-0.25, -0.2) is 0 Å². The zero-order valence-electron chi connectivity index (χ0n) is 12.9. The maximum absolute atomic E-state index is 9.91. The minimum atomic E-state index is -0.0839. The quantitative estimate of drug-likeness (QED) is 0.719. The number of aryl methyl sites for hydroxylation is 2. The van der Waals surface area contributed by atoms with Crippen LogP contribution in [0.1, 0.15) is 37.3 Å². The molecule has 2 N–H and O–H groups in total. The third-order valence-corrected chi connectivity index (χ3v) is 5.59. The number of thioether (sulfide) groups is 1. The number of hydrogen-bond acceptors (Lipinski definition) is 3. The monoisotopic (exact) mass is 293 g/mol. The first-order valence-corrected chi connectivity index (χ1v) is 8.66. The molecule has 1 fully saturated rings. The highest BCUT2D eigenvalue weighted by atomic mass is 32.2. The van der Waals surface area contributed by atoms with Gasteiger partial charge in [0.05, 0.1) is 12.1 Å². The highest BCUT2D eigenvalue weighted by Crippen LogP contribution is 2.42. The molecule has 0 amide bonds. The van der Waals surface area contributed by atoms with Gasteiger partial charge in [0.15, 0.2) is 0 Å². The molecule has 1 aliphatic carbocycles. The predicted molar refractivity (Wildman–Crippen MR) is 87.5 cm³/mol. The Balaban J connectivity index is 2.02. The van der Waals surface area contributed by atoms with Crippen LogP contribution < -0.4 is 5.32 Å². The van der Waals surface area contributed by atoms with E-state index < -0.39 is 0 Å². The van der Waals surface area contributed by atoms with Crippen LogP contribution in [0.2, 0.25) is 0 Å². The largest absolute Gasteiger partial charge is 0.394 e. The Morgan fingerprint density at radius 1 is 1.30 bits per heavy atom. The van der Waals surface area contributed by atoms with E-state index in [2.05, 4.69) is 44.3 Å². The van der Waals surface area contributed by atoms with Crippen molar-refractivity contribution < 1.29 is 5.11 Å². The SMILES string of the molecule is CCCNC(CO)(CSc1ccc(C)c(C)c1)C1CC1. The fraction of sp³-hybridized carbons (Fsp3) is 0.647. The highest BCUT2D eigenvalue weighted by molar-refractivity contribution is 7.99. The molecule has 1 atom stereocenters. The summed E-state index contributed by atoms with van der Waals surface area (Å²) in [5.41, 5.74) is 2.60. The van der Waals surface area contributed by atoms with Crippen LogP contribution in [0.15, 0.2) is 23.1 Å². The molecule has 1 aromatic carbocycles. The van der Waals surface area contributed by atoms with E-state index in [1.54, 1.807) is 0 Å². The Kier molecular flexibility index (Phi) is 5.53. The van der Waals surface area contributed by atoms with Crippen molar-refractivity contribution in [3.05, 3.63) is 29.3 Å². The molecule has 1 aromatic rings. The smallest absolute Gasteiger partial charge is 0.0624 e. The summed E-state index contributed by atoms with van der Waals surface area (Å²) >= 11 is 1.87. The summed E-state index contributed by atoms with van der Waals surface area (Å²) in [7, 11) is 0. The number of nitrogens with one attached hydrogen (secondary N) is 1. The van der Waals surface area contributed by atoms with E-state index in [1.807, 2.05) is 11.8 Å². The summed E-state index contributed by atoms with van der Waals surface area (Å²) in [6.45, 7) is 7.72. The summed E-state index contributed by atoms with van der Waals surface area (Å²) in [4.78, 5) is 1.31. The molecule has 2 nitrogen and oxygen atoms in total. The van der Waals surface area contributed by atoms with E-state index in [1.165, 1.54) is 28.9 Å². The minimum Gasteiger partial charge on any atom is -0.394 e. The molecular formula is C17H27NOS. The summed E-state index contributed by atoms with van der Waals surface area (Å²) in [6, 6.07) is 6.64. The molecule has 0 saturated heterocycles. The first-order valence-electron chi connectivity index (χ1n) is 7.67. The maximum Gasteiger partial charge on any atom is 0.0624 e. The van der Waals surface area contributed by atoms with Crippen molar-refractivity contribution in [3.8, 4) is 0 Å². The van der Waals surface area contributed by atoms with Crippen molar-refractivity contribution in [1.82, 2.24) is 5.32 Å². The Labute approximate surface area is 127 Å². The van der Waals surface area contributed by atoms with Gasteiger partial charge in [-0.2, -0.15) is 0 Å². The average molecular weight is 293 g/mol. The number of aliphatic hydroxyl groups excluding tert-OH is 1. The van der Waals surface area contributed by atoms with Crippen LogP contribution in [0.5, 0.6) is 0 Å². The molecule has 20 heavy (non-hydrogen) atoms. The third kappa shape index (κ3) is 3.78. The molecule has 0 heterocycles. The van der Waals surface area contributed by atoms with Gasteiger partial charge in [0, 0.05) is 10.6 Å². The van der Waals surface area contributed by atoms with E-state index in [0.717, 1.165) is 18.7 Å². The average Bonchev–Trinajstić information content (AvgIpc) is 3.28. The topological polar surface area (TPSA) is 32.3 Å². The molecule has 0 bridgehead atoms. The van der Waals surface area contributed by atoms with Gasteiger partial charge in [0.25, 0.3) is 0 Å². The molecule has 0 aliphatic heterocycles. The number of hydrogen-bond donors (Lipinski definition) is 2. The van der Waals surface area contributed by atoms with Crippen LogP contribution in [0.3, 0.4) is 0 Å². The van der Waals surface area contributed by atoms with Crippen molar-refractivity contribution in [1.29, 1.82) is 0 Å². The van der Waals surface area contributed by atoms with Gasteiger partial charge in [0.2, 0.25) is 0 Å². The fourth-order valence-electron chi connectivity index (χ4n) is 2.57. The molecular weight excluding hydrogens is 266 g/mol. The second-order valence-corrected chi connectivity index (χ2v) is 7.10. The summed E-state index contributed by atoms with van der Waals surface area (Å²) in [5.74, 6) is 1.61. The number of rotatable bonds is 8. The van der Waals surface area contributed by atoms with Crippen molar-refractivity contribution in [2.45, 2.75) is 50.5 Å². The van der Waals surface area contributed by atoms with Gasteiger partial charge >= 0.3 is 0 Å². The lowest BCUT2D eigenvalue weighted by Crippen LogP contribution is -2.53. The Bertz CT molecular complexity index is 445. The summed E-state index contributed by atoms with van der Waals surface area (Å²) in [5, 5.41) is 13.5. The summed E-state index contributed by atoms with van der Waals surface area (Å²) in [6.07, 6.45) is 3.62. The van der Waals surface area contributed by atoms with Crippen molar-refractivity contribution in [3.63, 3.8) is 0 Å².